The molecular weight excluding hydrogens is 318 g/mol. The summed E-state index contributed by atoms with van der Waals surface area (Å²) in [5, 5.41) is 5.95. The van der Waals surface area contributed by atoms with Crippen LogP contribution in [0.15, 0.2) is 30.3 Å². The van der Waals surface area contributed by atoms with Crippen LogP contribution in [-0.4, -0.2) is 55.0 Å². The SMILES string of the molecule is CC.CC(=O)NC(C(=O)N1CCNCC1)C(C)OCc1ccccc1. The van der Waals surface area contributed by atoms with Gasteiger partial charge in [-0.05, 0) is 12.5 Å². The van der Waals surface area contributed by atoms with E-state index in [0.29, 0.717) is 19.7 Å². The number of hydrogen-bond donors (Lipinski definition) is 2. The second kappa shape index (κ2) is 11.6. The van der Waals surface area contributed by atoms with Gasteiger partial charge in [0.2, 0.25) is 11.8 Å². The van der Waals surface area contributed by atoms with E-state index in [2.05, 4.69) is 10.6 Å². The van der Waals surface area contributed by atoms with E-state index in [-0.39, 0.29) is 11.8 Å². The predicted molar refractivity (Wildman–Crippen MR) is 99.1 cm³/mol. The Hall–Kier alpha value is -1.92. The van der Waals surface area contributed by atoms with Crippen LogP contribution >= 0.6 is 0 Å². The standard InChI is InChI=1S/C17H25N3O3.C2H6/c1-13(23-12-15-6-4-3-5-7-15)16(19-14(2)21)17(22)20-10-8-18-9-11-20;1-2/h3-7,13,16,18H,8-12H2,1-2H3,(H,19,21);1-2H3. The third kappa shape index (κ3) is 7.23. The molecule has 1 aromatic rings. The fourth-order valence-corrected chi connectivity index (χ4v) is 2.58. The minimum atomic E-state index is -0.658. The number of benzene rings is 1. The van der Waals surface area contributed by atoms with Gasteiger partial charge in [0, 0.05) is 33.1 Å². The molecule has 140 valence electrons. The first kappa shape index (κ1) is 21.1. The molecule has 6 heteroatoms. The largest absolute Gasteiger partial charge is 0.371 e. The molecule has 2 rings (SSSR count). The summed E-state index contributed by atoms with van der Waals surface area (Å²) in [4.78, 5) is 25.9. The molecule has 1 aromatic carbocycles. The molecule has 1 aliphatic rings. The van der Waals surface area contributed by atoms with E-state index >= 15 is 0 Å². The van der Waals surface area contributed by atoms with Crippen molar-refractivity contribution < 1.29 is 14.3 Å². The lowest BCUT2D eigenvalue weighted by molar-refractivity contribution is -0.141. The molecule has 6 nitrogen and oxygen atoms in total. The predicted octanol–water partition coefficient (Wildman–Crippen LogP) is 1.55. The van der Waals surface area contributed by atoms with Crippen LogP contribution in [0.25, 0.3) is 0 Å². The fraction of sp³-hybridized carbons (Fsp3) is 0.579. The summed E-state index contributed by atoms with van der Waals surface area (Å²) >= 11 is 0. The van der Waals surface area contributed by atoms with Crippen molar-refractivity contribution >= 4 is 11.8 Å². The molecule has 25 heavy (non-hydrogen) atoms. The van der Waals surface area contributed by atoms with Gasteiger partial charge >= 0.3 is 0 Å². The minimum absolute atomic E-state index is 0.0812. The second-order valence-corrected chi connectivity index (χ2v) is 5.76. The highest BCUT2D eigenvalue weighted by Gasteiger charge is 2.31. The number of nitrogens with zero attached hydrogens (tertiary/aromatic N) is 1. The van der Waals surface area contributed by atoms with Crippen LogP contribution in [0.1, 0.15) is 33.3 Å². The van der Waals surface area contributed by atoms with Gasteiger partial charge in [-0.25, -0.2) is 0 Å². The Labute approximate surface area is 150 Å². The first-order valence-corrected chi connectivity index (χ1v) is 9.00. The van der Waals surface area contributed by atoms with Gasteiger partial charge in [-0.1, -0.05) is 44.2 Å². The normalized spacial score (nSPS) is 16.2. The Balaban J connectivity index is 0.00000151. The van der Waals surface area contributed by atoms with Crippen molar-refractivity contribution in [3.63, 3.8) is 0 Å². The Kier molecular flexibility index (Phi) is 9.80. The van der Waals surface area contributed by atoms with Crippen molar-refractivity contribution in [1.82, 2.24) is 15.5 Å². The molecule has 2 unspecified atom stereocenters. The molecule has 1 saturated heterocycles. The number of hydrogen-bond acceptors (Lipinski definition) is 4. The van der Waals surface area contributed by atoms with Gasteiger partial charge in [-0.2, -0.15) is 0 Å². The summed E-state index contributed by atoms with van der Waals surface area (Å²) in [5.41, 5.74) is 1.04. The zero-order chi connectivity index (χ0) is 18.7. The average molecular weight is 349 g/mol. The lowest BCUT2D eigenvalue weighted by Gasteiger charge is -2.33. The zero-order valence-electron chi connectivity index (χ0n) is 15.7. The zero-order valence-corrected chi connectivity index (χ0v) is 15.7. The van der Waals surface area contributed by atoms with Crippen LogP contribution < -0.4 is 10.6 Å². The van der Waals surface area contributed by atoms with E-state index in [4.69, 9.17) is 4.74 Å². The van der Waals surface area contributed by atoms with Crippen LogP contribution in [-0.2, 0) is 20.9 Å². The summed E-state index contributed by atoms with van der Waals surface area (Å²) in [6.07, 6.45) is -0.401. The van der Waals surface area contributed by atoms with Crippen molar-refractivity contribution in [3.8, 4) is 0 Å². The van der Waals surface area contributed by atoms with E-state index in [1.165, 1.54) is 6.92 Å². The molecule has 2 amide bonds. The highest BCUT2D eigenvalue weighted by molar-refractivity contribution is 5.87. The van der Waals surface area contributed by atoms with Crippen LogP contribution in [0.3, 0.4) is 0 Å². The third-order valence-electron chi connectivity index (χ3n) is 3.88. The first-order valence-electron chi connectivity index (χ1n) is 9.00. The Morgan fingerprint density at radius 1 is 1.20 bits per heavy atom. The van der Waals surface area contributed by atoms with E-state index in [0.717, 1.165) is 18.7 Å². The van der Waals surface area contributed by atoms with Crippen LogP contribution in [0.2, 0.25) is 0 Å². The monoisotopic (exact) mass is 349 g/mol. The smallest absolute Gasteiger partial charge is 0.247 e. The van der Waals surface area contributed by atoms with E-state index in [1.807, 2.05) is 51.1 Å². The van der Waals surface area contributed by atoms with E-state index < -0.39 is 12.1 Å². The minimum Gasteiger partial charge on any atom is -0.371 e. The number of carbonyl (C=O) groups is 2. The molecule has 0 bridgehead atoms. The average Bonchev–Trinajstić information content (AvgIpc) is 2.66. The summed E-state index contributed by atoms with van der Waals surface area (Å²) < 4.78 is 5.83. The fourth-order valence-electron chi connectivity index (χ4n) is 2.58. The van der Waals surface area contributed by atoms with E-state index in [1.54, 1.807) is 4.90 Å². The number of carbonyl (C=O) groups excluding carboxylic acids is 2. The number of piperazine rings is 1. The highest BCUT2D eigenvalue weighted by atomic mass is 16.5. The summed E-state index contributed by atoms with van der Waals surface area (Å²) in [6.45, 7) is 10.5. The molecule has 0 aromatic heterocycles. The van der Waals surface area contributed by atoms with Crippen molar-refractivity contribution in [2.45, 2.75) is 46.4 Å². The van der Waals surface area contributed by atoms with E-state index in [9.17, 15) is 9.59 Å². The topological polar surface area (TPSA) is 70.7 Å². The summed E-state index contributed by atoms with van der Waals surface area (Å²) in [5.74, 6) is -0.309. The van der Waals surface area contributed by atoms with Gasteiger partial charge < -0.3 is 20.3 Å². The molecule has 0 radical (unpaired) electrons. The second-order valence-electron chi connectivity index (χ2n) is 5.76. The quantitative estimate of drug-likeness (QED) is 0.818. The van der Waals surface area contributed by atoms with Crippen molar-refractivity contribution in [3.05, 3.63) is 35.9 Å². The third-order valence-corrected chi connectivity index (χ3v) is 3.88. The van der Waals surface area contributed by atoms with Gasteiger partial charge in [0.1, 0.15) is 6.04 Å². The number of amides is 2. The van der Waals surface area contributed by atoms with Gasteiger partial charge in [0.25, 0.3) is 0 Å². The molecule has 1 aliphatic heterocycles. The van der Waals surface area contributed by atoms with Crippen LogP contribution in [0.4, 0.5) is 0 Å². The van der Waals surface area contributed by atoms with Gasteiger partial charge in [0.15, 0.2) is 0 Å². The first-order chi connectivity index (χ1) is 12.1. The molecule has 1 heterocycles. The number of rotatable bonds is 6. The lowest BCUT2D eigenvalue weighted by atomic mass is 10.1. The summed E-state index contributed by atoms with van der Waals surface area (Å²) in [6, 6.07) is 9.12. The maximum atomic E-state index is 12.7. The molecular formula is C19H31N3O3. The maximum absolute atomic E-state index is 12.7. The maximum Gasteiger partial charge on any atom is 0.247 e. The van der Waals surface area contributed by atoms with Crippen molar-refractivity contribution in [2.75, 3.05) is 26.2 Å². The van der Waals surface area contributed by atoms with Gasteiger partial charge in [-0.15, -0.1) is 0 Å². The Bertz CT molecular complexity index is 516. The Morgan fingerprint density at radius 3 is 2.36 bits per heavy atom. The van der Waals surface area contributed by atoms with Crippen LogP contribution in [0, 0.1) is 0 Å². The van der Waals surface area contributed by atoms with Crippen molar-refractivity contribution in [1.29, 1.82) is 0 Å². The molecule has 2 atom stereocenters. The van der Waals surface area contributed by atoms with Crippen LogP contribution in [0.5, 0.6) is 0 Å². The lowest BCUT2D eigenvalue weighted by Crippen LogP contribution is -2.57. The van der Waals surface area contributed by atoms with Gasteiger partial charge in [-0.3, -0.25) is 9.59 Å². The summed E-state index contributed by atoms with van der Waals surface area (Å²) in [7, 11) is 0. The molecule has 0 aliphatic carbocycles. The Morgan fingerprint density at radius 2 is 1.80 bits per heavy atom. The molecule has 0 spiro atoms. The number of nitrogens with one attached hydrogen (secondary N) is 2. The highest BCUT2D eigenvalue weighted by Crippen LogP contribution is 2.09. The van der Waals surface area contributed by atoms with Gasteiger partial charge in [0.05, 0.1) is 12.7 Å². The molecule has 2 N–H and O–H groups in total. The number of ether oxygens (including phenoxy) is 1. The molecule has 0 saturated carbocycles. The van der Waals surface area contributed by atoms with Crippen molar-refractivity contribution in [2.24, 2.45) is 0 Å². The molecule has 1 fully saturated rings.